The summed E-state index contributed by atoms with van der Waals surface area (Å²) in [6, 6.07) is 5.87. The topological polar surface area (TPSA) is 50.8 Å². The summed E-state index contributed by atoms with van der Waals surface area (Å²) in [5, 5.41) is 0. The predicted molar refractivity (Wildman–Crippen MR) is 69.8 cm³/mol. The Morgan fingerprint density at radius 2 is 2.33 bits per heavy atom. The molecule has 0 spiro atoms. The van der Waals surface area contributed by atoms with Gasteiger partial charge in [0.15, 0.2) is 0 Å². The minimum Gasteiger partial charge on any atom is -0.376 e. The van der Waals surface area contributed by atoms with E-state index in [9.17, 15) is 0 Å². The third-order valence-corrected chi connectivity index (χ3v) is 3.31. The zero-order valence-corrected chi connectivity index (χ0v) is 10.7. The standard InChI is InChI=1S/C13H13N3OS/c18-13-10-8-17-6-4-11(10)15-12(16-13)7-9-3-1-2-5-14-9/h1-3,5H,4,6-8H2,(H,15,16,18). The van der Waals surface area contributed by atoms with Gasteiger partial charge in [-0.3, -0.25) is 4.98 Å². The minimum absolute atomic E-state index is 0.571. The Kier molecular flexibility index (Phi) is 3.17. The van der Waals surface area contributed by atoms with Gasteiger partial charge in [0.05, 0.1) is 13.2 Å². The maximum Gasteiger partial charge on any atom is 0.135 e. The lowest BCUT2D eigenvalue weighted by atomic mass is 10.1. The minimum atomic E-state index is 0.571. The summed E-state index contributed by atoms with van der Waals surface area (Å²) < 4.78 is 6.04. The maximum absolute atomic E-state index is 5.40. The molecular weight excluding hydrogens is 246 g/mol. The van der Waals surface area contributed by atoms with Crippen LogP contribution in [0.4, 0.5) is 0 Å². The van der Waals surface area contributed by atoms with Crippen LogP contribution in [0.1, 0.15) is 22.8 Å². The van der Waals surface area contributed by atoms with Gasteiger partial charge in [-0.25, -0.2) is 4.98 Å². The molecule has 4 nitrogen and oxygen atoms in total. The molecule has 2 aromatic heterocycles. The zero-order chi connectivity index (χ0) is 12.4. The van der Waals surface area contributed by atoms with Gasteiger partial charge in [-0.2, -0.15) is 0 Å². The van der Waals surface area contributed by atoms with E-state index in [4.69, 9.17) is 17.0 Å². The summed E-state index contributed by atoms with van der Waals surface area (Å²) in [6.45, 7) is 1.31. The summed E-state index contributed by atoms with van der Waals surface area (Å²) in [5.74, 6) is 0.874. The van der Waals surface area contributed by atoms with Gasteiger partial charge in [0.2, 0.25) is 0 Å². The molecule has 92 valence electrons. The molecule has 1 aliphatic rings. The van der Waals surface area contributed by atoms with Crippen LogP contribution in [0, 0.1) is 4.64 Å². The van der Waals surface area contributed by atoms with E-state index in [1.807, 2.05) is 18.2 Å². The van der Waals surface area contributed by atoms with Gasteiger partial charge < -0.3 is 9.72 Å². The van der Waals surface area contributed by atoms with Crippen LogP contribution in [0.15, 0.2) is 24.4 Å². The van der Waals surface area contributed by atoms with Gasteiger partial charge in [0, 0.05) is 36.0 Å². The highest BCUT2D eigenvalue weighted by Gasteiger charge is 2.13. The number of pyridine rings is 1. The molecule has 3 rings (SSSR count). The smallest absolute Gasteiger partial charge is 0.135 e. The first-order chi connectivity index (χ1) is 8.83. The van der Waals surface area contributed by atoms with Crippen molar-refractivity contribution in [2.24, 2.45) is 0 Å². The molecule has 0 fully saturated rings. The number of rotatable bonds is 2. The Labute approximate surface area is 110 Å². The van der Waals surface area contributed by atoms with Crippen LogP contribution in [0.3, 0.4) is 0 Å². The van der Waals surface area contributed by atoms with Gasteiger partial charge in [0.25, 0.3) is 0 Å². The van der Waals surface area contributed by atoms with E-state index in [1.165, 1.54) is 0 Å². The second-order valence-corrected chi connectivity index (χ2v) is 4.63. The van der Waals surface area contributed by atoms with Gasteiger partial charge in [-0.05, 0) is 12.1 Å². The average Bonchev–Trinajstić information content (AvgIpc) is 2.40. The Balaban J connectivity index is 1.94. The second-order valence-electron chi connectivity index (χ2n) is 4.25. The van der Waals surface area contributed by atoms with Crippen LogP contribution in [0.5, 0.6) is 0 Å². The number of aromatic amines is 1. The molecule has 0 saturated carbocycles. The van der Waals surface area contributed by atoms with Crippen molar-refractivity contribution < 1.29 is 4.74 Å². The third kappa shape index (κ3) is 2.32. The molecule has 0 saturated heterocycles. The lowest BCUT2D eigenvalue weighted by Gasteiger charge is -2.17. The van der Waals surface area contributed by atoms with Crippen molar-refractivity contribution in [2.75, 3.05) is 6.61 Å². The number of ether oxygens (including phenoxy) is 1. The fraction of sp³-hybridized carbons (Fsp3) is 0.308. The molecule has 0 aromatic carbocycles. The van der Waals surface area contributed by atoms with Crippen molar-refractivity contribution in [3.05, 3.63) is 51.8 Å². The summed E-state index contributed by atoms with van der Waals surface area (Å²) in [5.41, 5.74) is 3.18. The van der Waals surface area contributed by atoms with Crippen molar-refractivity contribution in [1.82, 2.24) is 15.0 Å². The first-order valence-corrected chi connectivity index (χ1v) is 6.32. The summed E-state index contributed by atoms with van der Waals surface area (Å²) in [6.07, 6.45) is 3.34. The van der Waals surface area contributed by atoms with E-state index >= 15 is 0 Å². The number of nitrogens with zero attached hydrogens (tertiary/aromatic N) is 2. The quantitative estimate of drug-likeness (QED) is 0.840. The molecule has 3 heterocycles. The number of nitrogens with one attached hydrogen (secondary N) is 1. The molecule has 0 aliphatic carbocycles. The van der Waals surface area contributed by atoms with Crippen LogP contribution in [0.25, 0.3) is 0 Å². The first kappa shape index (κ1) is 11.5. The van der Waals surface area contributed by atoms with Crippen molar-refractivity contribution in [3.63, 3.8) is 0 Å². The summed E-state index contributed by atoms with van der Waals surface area (Å²) in [7, 11) is 0. The van der Waals surface area contributed by atoms with Gasteiger partial charge in [-0.1, -0.05) is 18.3 Å². The summed E-state index contributed by atoms with van der Waals surface area (Å²) in [4.78, 5) is 12.1. The van der Waals surface area contributed by atoms with Gasteiger partial charge >= 0.3 is 0 Å². The molecule has 0 bridgehead atoms. The normalized spacial score (nSPS) is 14.2. The molecule has 0 unspecified atom stereocenters. The van der Waals surface area contributed by atoms with Crippen LogP contribution in [0.2, 0.25) is 0 Å². The van der Waals surface area contributed by atoms with Crippen LogP contribution in [-0.4, -0.2) is 21.6 Å². The lowest BCUT2D eigenvalue weighted by molar-refractivity contribution is 0.108. The summed E-state index contributed by atoms with van der Waals surface area (Å²) >= 11 is 5.31. The van der Waals surface area contributed by atoms with E-state index in [0.717, 1.165) is 35.8 Å². The highest BCUT2D eigenvalue weighted by atomic mass is 32.1. The third-order valence-electron chi connectivity index (χ3n) is 2.97. The highest BCUT2D eigenvalue weighted by molar-refractivity contribution is 7.71. The average molecular weight is 259 g/mol. The predicted octanol–water partition coefficient (Wildman–Crippen LogP) is 2.20. The first-order valence-electron chi connectivity index (χ1n) is 5.91. The molecule has 1 N–H and O–H groups in total. The molecule has 0 radical (unpaired) electrons. The van der Waals surface area contributed by atoms with Gasteiger partial charge in [0.1, 0.15) is 10.5 Å². The Morgan fingerprint density at radius 3 is 3.17 bits per heavy atom. The molecule has 1 aliphatic heterocycles. The van der Waals surface area contributed by atoms with Crippen LogP contribution in [-0.2, 0) is 24.2 Å². The van der Waals surface area contributed by atoms with Crippen LogP contribution < -0.4 is 0 Å². The van der Waals surface area contributed by atoms with E-state index in [0.29, 0.717) is 17.7 Å². The van der Waals surface area contributed by atoms with Crippen molar-refractivity contribution in [1.29, 1.82) is 0 Å². The largest absolute Gasteiger partial charge is 0.376 e. The SMILES string of the molecule is S=c1nc(Cc2ccccn2)[nH]c2c1COCC2. The number of aromatic nitrogens is 3. The Hall–Kier alpha value is -1.59. The number of fused-ring (bicyclic) bond motifs is 1. The molecular formula is C13H13N3OS. The van der Waals surface area contributed by atoms with Crippen molar-refractivity contribution in [3.8, 4) is 0 Å². The van der Waals surface area contributed by atoms with E-state index in [-0.39, 0.29) is 0 Å². The number of H-pyrrole nitrogens is 1. The van der Waals surface area contributed by atoms with E-state index in [2.05, 4.69) is 15.0 Å². The number of hydrogen-bond acceptors (Lipinski definition) is 4. The maximum atomic E-state index is 5.40. The van der Waals surface area contributed by atoms with Crippen LogP contribution >= 0.6 is 12.2 Å². The second kappa shape index (κ2) is 4.96. The molecule has 0 atom stereocenters. The Bertz CT molecular complexity index is 609. The fourth-order valence-electron chi connectivity index (χ4n) is 2.07. The molecule has 5 heteroatoms. The van der Waals surface area contributed by atoms with Crippen molar-refractivity contribution >= 4 is 12.2 Å². The van der Waals surface area contributed by atoms with Gasteiger partial charge in [-0.15, -0.1) is 0 Å². The zero-order valence-electron chi connectivity index (χ0n) is 9.85. The Morgan fingerprint density at radius 1 is 1.39 bits per heavy atom. The van der Waals surface area contributed by atoms with E-state index < -0.39 is 0 Å². The van der Waals surface area contributed by atoms with Crippen molar-refractivity contribution in [2.45, 2.75) is 19.4 Å². The molecule has 2 aromatic rings. The molecule has 0 amide bonds. The molecule has 18 heavy (non-hydrogen) atoms. The fourth-order valence-corrected chi connectivity index (χ4v) is 2.36. The highest BCUT2D eigenvalue weighted by Crippen LogP contribution is 2.16. The lowest BCUT2D eigenvalue weighted by Crippen LogP contribution is -2.15. The monoisotopic (exact) mass is 259 g/mol. The van der Waals surface area contributed by atoms with E-state index in [1.54, 1.807) is 6.20 Å². The number of hydrogen-bond donors (Lipinski definition) is 1.